The normalized spacial score (nSPS) is 16.4. The molecular formula is C13H20N2. The lowest BCUT2D eigenvalue weighted by molar-refractivity contribution is 0.345. The SMILES string of the molecule is CCCc1cc(C)ncc1CC1CNC1. The summed E-state index contributed by atoms with van der Waals surface area (Å²) in [5, 5.41) is 3.32. The molecule has 0 amide bonds. The Kier molecular flexibility index (Phi) is 3.37. The molecule has 2 rings (SSSR count). The van der Waals surface area contributed by atoms with Gasteiger partial charge < -0.3 is 5.32 Å². The molecule has 1 N–H and O–H groups in total. The maximum Gasteiger partial charge on any atom is 0.0375 e. The van der Waals surface area contributed by atoms with Crippen molar-refractivity contribution in [3.63, 3.8) is 0 Å². The Hall–Kier alpha value is -0.890. The van der Waals surface area contributed by atoms with Gasteiger partial charge >= 0.3 is 0 Å². The van der Waals surface area contributed by atoms with Crippen LogP contribution in [-0.2, 0) is 12.8 Å². The van der Waals surface area contributed by atoms with Crippen LogP contribution in [0.15, 0.2) is 12.3 Å². The monoisotopic (exact) mass is 204 g/mol. The van der Waals surface area contributed by atoms with E-state index in [1.165, 1.54) is 43.5 Å². The van der Waals surface area contributed by atoms with Crippen molar-refractivity contribution in [1.82, 2.24) is 10.3 Å². The molecule has 82 valence electrons. The first-order valence-electron chi connectivity index (χ1n) is 5.94. The van der Waals surface area contributed by atoms with Crippen LogP contribution in [0.1, 0.15) is 30.2 Å². The smallest absolute Gasteiger partial charge is 0.0375 e. The van der Waals surface area contributed by atoms with Crippen molar-refractivity contribution >= 4 is 0 Å². The molecule has 0 aliphatic carbocycles. The molecule has 1 aliphatic heterocycles. The van der Waals surface area contributed by atoms with Gasteiger partial charge in [0.25, 0.3) is 0 Å². The summed E-state index contributed by atoms with van der Waals surface area (Å²) in [6, 6.07) is 2.25. The van der Waals surface area contributed by atoms with Crippen LogP contribution in [0.4, 0.5) is 0 Å². The molecule has 0 unspecified atom stereocenters. The highest BCUT2D eigenvalue weighted by Gasteiger charge is 2.18. The Morgan fingerprint density at radius 1 is 1.40 bits per heavy atom. The first-order valence-corrected chi connectivity index (χ1v) is 5.94. The average molecular weight is 204 g/mol. The van der Waals surface area contributed by atoms with Gasteiger partial charge in [0.2, 0.25) is 0 Å². The van der Waals surface area contributed by atoms with Gasteiger partial charge in [-0.15, -0.1) is 0 Å². The highest BCUT2D eigenvalue weighted by molar-refractivity contribution is 5.27. The zero-order valence-electron chi connectivity index (χ0n) is 9.71. The molecule has 0 radical (unpaired) electrons. The summed E-state index contributed by atoms with van der Waals surface area (Å²) in [5.74, 6) is 0.838. The van der Waals surface area contributed by atoms with Gasteiger partial charge in [-0.25, -0.2) is 0 Å². The van der Waals surface area contributed by atoms with Crippen molar-refractivity contribution in [3.8, 4) is 0 Å². The third-order valence-corrected chi connectivity index (χ3v) is 3.11. The second-order valence-electron chi connectivity index (χ2n) is 4.57. The van der Waals surface area contributed by atoms with Gasteiger partial charge in [0, 0.05) is 11.9 Å². The standard InChI is InChI=1S/C13H20N2/c1-3-4-12-5-10(2)15-9-13(12)6-11-7-14-8-11/h5,9,11,14H,3-4,6-8H2,1-2H3. The number of pyridine rings is 1. The largest absolute Gasteiger partial charge is 0.316 e. The number of hydrogen-bond donors (Lipinski definition) is 1. The van der Waals surface area contributed by atoms with Crippen LogP contribution in [0.25, 0.3) is 0 Å². The van der Waals surface area contributed by atoms with Crippen LogP contribution in [0, 0.1) is 12.8 Å². The van der Waals surface area contributed by atoms with Crippen LogP contribution >= 0.6 is 0 Å². The van der Waals surface area contributed by atoms with Crippen molar-refractivity contribution in [1.29, 1.82) is 0 Å². The number of nitrogens with one attached hydrogen (secondary N) is 1. The fourth-order valence-electron chi connectivity index (χ4n) is 2.13. The average Bonchev–Trinajstić information content (AvgIpc) is 2.14. The van der Waals surface area contributed by atoms with Crippen LogP contribution in [0.2, 0.25) is 0 Å². The molecule has 1 aromatic rings. The Morgan fingerprint density at radius 3 is 2.80 bits per heavy atom. The van der Waals surface area contributed by atoms with Crippen molar-refractivity contribution in [2.75, 3.05) is 13.1 Å². The Balaban J connectivity index is 2.12. The fourth-order valence-corrected chi connectivity index (χ4v) is 2.13. The summed E-state index contributed by atoms with van der Waals surface area (Å²) in [4.78, 5) is 4.41. The van der Waals surface area contributed by atoms with E-state index in [9.17, 15) is 0 Å². The molecule has 0 aromatic carbocycles. The van der Waals surface area contributed by atoms with Crippen molar-refractivity contribution in [2.24, 2.45) is 5.92 Å². The number of hydrogen-bond acceptors (Lipinski definition) is 2. The zero-order valence-corrected chi connectivity index (χ0v) is 9.71. The maximum absolute atomic E-state index is 4.41. The summed E-state index contributed by atoms with van der Waals surface area (Å²) in [5.41, 5.74) is 4.12. The molecule has 1 saturated heterocycles. The van der Waals surface area contributed by atoms with E-state index in [2.05, 4.69) is 36.4 Å². The van der Waals surface area contributed by atoms with Gasteiger partial charge in [-0.3, -0.25) is 4.98 Å². The van der Waals surface area contributed by atoms with E-state index in [-0.39, 0.29) is 0 Å². The minimum Gasteiger partial charge on any atom is -0.316 e. The lowest BCUT2D eigenvalue weighted by atomic mass is 9.91. The summed E-state index contributed by atoms with van der Waals surface area (Å²) in [7, 11) is 0. The first kappa shape index (κ1) is 10.6. The molecule has 2 nitrogen and oxygen atoms in total. The minimum absolute atomic E-state index is 0.838. The Morgan fingerprint density at radius 2 is 2.20 bits per heavy atom. The van der Waals surface area contributed by atoms with Crippen LogP contribution in [0.3, 0.4) is 0 Å². The summed E-state index contributed by atoms with van der Waals surface area (Å²) >= 11 is 0. The molecule has 15 heavy (non-hydrogen) atoms. The van der Waals surface area contributed by atoms with Crippen LogP contribution in [0.5, 0.6) is 0 Å². The summed E-state index contributed by atoms with van der Waals surface area (Å²) in [6.45, 7) is 6.68. The number of aryl methyl sites for hydroxylation is 2. The van der Waals surface area contributed by atoms with E-state index in [4.69, 9.17) is 0 Å². The molecule has 0 saturated carbocycles. The molecule has 0 bridgehead atoms. The Bertz CT molecular complexity index is 329. The first-order chi connectivity index (χ1) is 7.29. The van der Waals surface area contributed by atoms with E-state index in [0.29, 0.717) is 0 Å². The van der Waals surface area contributed by atoms with Crippen molar-refractivity contribution in [2.45, 2.75) is 33.1 Å². The molecule has 1 aliphatic rings. The van der Waals surface area contributed by atoms with Gasteiger partial charge in [-0.2, -0.15) is 0 Å². The molecule has 0 atom stereocenters. The van der Waals surface area contributed by atoms with E-state index >= 15 is 0 Å². The van der Waals surface area contributed by atoms with E-state index < -0.39 is 0 Å². The topological polar surface area (TPSA) is 24.9 Å². The predicted octanol–water partition coefficient (Wildman–Crippen LogP) is 2.10. The zero-order chi connectivity index (χ0) is 10.7. The lowest BCUT2D eigenvalue weighted by Gasteiger charge is -2.27. The molecular weight excluding hydrogens is 184 g/mol. The highest BCUT2D eigenvalue weighted by atomic mass is 14.9. The Labute approximate surface area is 92.1 Å². The number of rotatable bonds is 4. The van der Waals surface area contributed by atoms with Crippen LogP contribution in [-0.4, -0.2) is 18.1 Å². The summed E-state index contributed by atoms with van der Waals surface area (Å²) in [6.07, 6.45) is 5.70. The molecule has 0 spiro atoms. The van der Waals surface area contributed by atoms with Crippen molar-refractivity contribution < 1.29 is 0 Å². The molecule has 2 heteroatoms. The van der Waals surface area contributed by atoms with Gasteiger partial charge in [-0.05, 0) is 56.0 Å². The lowest BCUT2D eigenvalue weighted by Crippen LogP contribution is -2.43. The van der Waals surface area contributed by atoms with Crippen molar-refractivity contribution in [3.05, 3.63) is 29.1 Å². The predicted molar refractivity (Wildman–Crippen MR) is 63.0 cm³/mol. The van der Waals surface area contributed by atoms with Gasteiger partial charge in [0.05, 0.1) is 0 Å². The minimum atomic E-state index is 0.838. The molecule has 1 aromatic heterocycles. The maximum atomic E-state index is 4.41. The highest BCUT2D eigenvalue weighted by Crippen LogP contribution is 2.18. The second-order valence-corrected chi connectivity index (χ2v) is 4.57. The van der Waals surface area contributed by atoms with E-state index in [1.807, 2.05) is 0 Å². The van der Waals surface area contributed by atoms with Gasteiger partial charge in [0.15, 0.2) is 0 Å². The third-order valence-electron chi connectivity index (χ3n) is 3.11. The molecule has 2 heterocycles. The van der Waals surface area contributed by atoms with E-state index in [0.717, 1.165) is 11.6 Å². The molecule has 1 fully saturated rings. The van der Waals surface area contributed by atoms with Gasteiger partial charge in [0.1, 0.15) is 0 Å². The number of aromatic nitrogens is 1. The second kappa shape index (κ2) is 4.75. The van der Waals surface area contributed by atoms with E-state index in [1.54, 1.807) is 0 Å². The summed E-state index contributed by atoms with van der Waals surface area (Å²) < 4.78 is 0. The quantitative estimate of drug-likeness (QED) is 0.812. The number of nitrogens with zero attached hydrogens (tertiary/aromatic N) is 1. The van der Waals surface area contributed by atoms with Crippen LogP contribution < -0.4 is 5.32 Å². The third kappa shape index (κ3) is 2.57. The van der Waals surface area contributed by atoms with Gasteiger partial charge in [-0.1, -0.05) is 13.3 Å². The fraction of sp³-hybridized carbons (Fsp3) is 0.615.